The topological polar surface area (TPSA) is 81.0 Å². The van der Waals surface area contributed by atoms with Crippen LogP contribution in [-0.4, -0.2) is 43.5 Å². The van der Waals surface area contributed by atoms with E-state index in [1.165, 1.54) is 12.7 Å². The zero-order valence-corrected chi connectivity index (χ0v) is 20.9. The van der Waals surface area contributed by atoms with E-state index in [4.69, 9.17) is 13.9 Å². The van der Waals surface area contributed by atoms with E-state index in [9.17, 15) is 9.59 Å². The van der Waals surface area contributed by atoms with Gasteiger partial charge in [-0.25, -0.2) is 0 Å². The lowest BCUT2D eigenvalue weighted by Crippen LogP contribution is -2.47. The van der Waals surface area contributed by atoms with E-state index in [-0.39, 0.29) is 23.6 Å². The summed E-state index contributed by atoms with van der Waals surface area (Å²) in [4.78, 5) is 29.0. The highest BCUT2D eigenvalue weighted by Gasteiger charge is 2.34. The molecule has 1 heterocycles. The molecule has 3 aromatic rings. The number of carbonyl (C=O) groups excluding carboxylic acids is 2. The second kappa shape index (κ2) is 12.3. The van der Waals surface area contributed by atoms with Gasteiger partial charge in [-0.15, -0.1) is 0 Å². The molecule has 2 aromatic carbocycles. The summed E-state index contributed by atoms with van der Waals surface area (Å²) in [5.41, 5.74) is 1.72. The van der Waals surface area contributed by atoms with Crippen LogP contribution < -0.4 is 14.8 Å². The molecule has 1 saturated carbocycles. The lowest BCUT2D eigenvalue weighted by molar-refractivity contribution is -0.126. The van der Waals surface area contributed by atoms with Crippen molar-refractivity contribution in [1.82, 2.24) is 10.2 Å². The molecular weight excluding hydrogens is 456 g/mol. The van der Waals surface area contributed by atoms with E-state index in [1.54, 1.807) is 31.3 Å². The highest BCUT2D eigenvalue weighted by atomic mass is 16.5. The Morgan fingerprint density at radius 3 is 2.39 bits per heavy atom. The summed E-state index contributed by atoms with van der Waals surface area (Å²) in [5, 5.41) is 3.23. The van der Waals surface area contributed by atoms with E-state index < -0.39 is 6.04 Å². The number of nitrogens with one attached hydrogen (secondary N) is 1. The number of hydrogen-bond donors (Lipinski definition) is 1. The van der Waals surface area contributed by atoms with Gasteiger partial charge >= 0.3 is 0 Å². The quantitative estimate of drug-likeness (QED) is 0.424. The summed E-state index contributed by atoms with van der Waals surface area (Å²) < 4.78 is 16.2. The van der Waals surface area contributed by atoms with Crippen molar-refractivity contribution in [3.8, 4) is 11.5 Å². The zero-order valence-electron chi connectivity index (χ0n) is 20.9. The van der Waals surface area contributed by atoms with Gasteiger partial charge in [0.25, 0.3) is 5.91 Å². The van der Waals surface area contributed by atoms with Gasteiger partial charge in [-0.1, -0.05) is 55.7 Å². The maximum atomic E-state index is 13.8. The first-order valence-electron chi connectivity index (χ1n) is 12.5. The number of carbonyl (C=O) groups is 2. The minimum atomic E-state index is -0.786. The summed E-state index contributed by atoms with van der Waals surface area (Å²) in [5.74, 6) is 0.967. The Morgan fingerprint density at radius 2 is 1.72 bits per heavy atom. The van der Waals surface area contributed by atoms with Crippen LogP contribution in [0.25, 0.3) is 0 Å². The average molecular weight is 491 g/mol. The molecule has 1 aliphatic carbocycles. The van der Waals surface area contributed by atoms with Crippen molar-refractivity contribution in [2.24, 2.45) is 0 Å². The third-order valence-electron chi connectivity index (χ3n) is 6.71. The van der Waals surface area contributed by atoms with Crippen LogP contribution in [0.2, 0.25) is 0 Å². The van der Waals surface area contributed by atoms with Gasteiger partial charge in [-0.3, -0.25) is 9.59 Å². The summed E-state index contributed by atoms with van der Waals surface area (Å²) in [7, 11) is 3.19. The fourth-order valence-electron chi connectivity index (χ4n) is 4.81. The van der Waals surface area contributed by atoms with Gasteiger partial charge in [0.15, 0.2) is 17.3 Å². The first kappa shape index (κ1) is 25.4. The van der Waals surface area contributed by atoms with Gasteiger partial charge in [-0.2, -0.15) is 0 Å². The van der Waals surface area contributed by atoms with E-state index in [2.05, 4.69) is 5.32 Å². The summed E-state index contributed by atoms with van der Waals surface area (Å²) in [6.07, 6.45) is 7.33. The highest BCUT2D eigenvalue weighted by molar-refractivity contribution is 5.96. The molecule has 7 nitrogen and oxygen atoms in total. The van der Waals surface area contributed by atoms with Crippen molar-refractivity contribution in [2.45, 2.75) is 50.6 Å². The molecule has 1 atom stereocenters. The Bertz CT molecular complexity index is 1120. The minimum absolute atomic E-state index is 0.129. The van der Waals surface area contributed by atoms with Crippen molar-refractivity contribution in [3.05, 3.63) is 83.8 Å². The lowest BCUT2D eigenvalue weighted by Gasteiger charge is -2.33. The first-order chi connectivity index (χ1) is 17.6. The number of amides is 2. The molecular formula is C29H34N2O5. The van der Waals surface area contributed by atoms with Crippen LogP contribution in [0.15, 0.2) is 71.3 Å². The van der Waals surface area contributed by atoms with Crippen LogP contribution in [0.5, 0.6) is 11.5 Å². The second-order valence-corrected chi connectivity index (χ2v) is 9.07. The average Bonchev–Trinajstić information content (AvgIpc) is 3.46. The molecule has 0 saturated heterocycles. The molecule has 1 fully saturated rings. The number of methoxy groups -OCH3 is 2. The van der Waals surface area contributed by atoms with Crippen molar-refractivity contribution in [1.29, 1.82) is 0 Å². The maximum Gasteiger partial charge on any atom is 0.290 e. The summed E-state index contributed by atoms with van der Waals surface area (Å²) in [6, 6.07) is 17.8. The van der Waals surface area contributed by atoms with Gasteiger partial charge in [-0.05, 0) is 54.7 Å². The third-order valence-corrected chi connectivity index (χ3v) is 6.71. The van der Waals surface area contributed by atoms with Crippen LogP contribution in [-0.2, 0) is 11.2 Å². The Morgan fingerprint density at radius 1 is 0.972 bits per heavy atom. The van der Waals surface area contributed by atoms with Crippen molar-refractivity contribution >= 4 is 11.8 Å². The molecule has 36 heavy (non-hydrogen) atoms. The molecule has 1 aromatic heterocycles. The Balaban J connectivity index is 1.65. The summed E-state index contributed by atoms with van der Waals surface area (Å²) in [6.45, 7) is 0.312. The number of ether oxygens (including phenoxy) is 2. The van der Waals surface area contributed by atoms with Crippen molar-refractivity contribution < 1.29 is 23.5 Å². The zero-order chi connectivity index (χ0) is 25.3. The maximum absolute atomic E-state index is 13.8. The Kier molecular flexibility index (Phi) is 8.66. The molecule has 190 valence electrons. The minimum Gasteiger partial charge on any atom is -0.493 e. The van der Waals surface area contributed by atoms with E-state index in [1.807, 2.05) is 48.5 Å². The van der Waals surface area contributed by atoms with Gasteiger partial charge < -0.3 is 24.1 Å². The largest absolute Gasteiger partial charge is 0.493 e. The van der Waals surface area contributed by atoms with Crippen LogP contribution in [0, 0.1) is 0 Å². The number of nitrogens with zero attached hydrogens (tertiary/aromatic N) is 1. The number of hydrogen-bond acceptors (Lipinski definition) is 5. The number of benzene rings is 2. The van der Waals surface area contributed by atoms with E-state index in [0.717, 1.165) is 36.8 Å². The second-order valence-electron chi connectivity index (χ2n) is 9.07. The van der Waals surface area contributed by atoms with Gasteiger partial charge in [0.2, 0.25) is 5.91 Å². The fourth-order valence-corrected chi connectivity index (χ4v) is 4.81. The fraction of sp³-hybridized carbons (Fsp3) is 0.379. The monoisotopic (exact) mass is 490 g/mol. The molecule has 2 amide bonds. The smallest absolute Gasteiger partial charge is 0.290 e. The lowest BCUT2D eigenvalue weighted by atomic mass is 9.94. The molecule has 0 spiro atoms. The number of rotatable bonds is 10. The molecule has 0 aliphatic heterocycles. The first-order valence-corrected chi connectivity index (χ1v) is 12.5. The SMILES string of the molecule is COc1ccc(CCN(C(=O)c2ccco2)C(C(=O)NC2CCCCC2)c2ccccc2)cc1OC. The van der Waals surface area contributed by atoms with Gasteiger partial charge in [0, 0.05) is 12.6 Å². The van der Waals surface area contributed by atoms with Crippen LogP contribution >= 0.6 is 0 Å². The van der Waals surface area contributed by atoms with Crippen LogP contribution in [0.1, 0.15) is 59.8 Å². The molecule has 7 heteroatoms. The van der Waals surface area contributed by atoms with E-state index >= 15 is 0 Å². The standard InChI is InChI=1S/C29H34N2O5/c1-34-24-16-15-21(20-26(24)35-2)17-18-31(29(33)25-14-9-19-36-25)27(22-10-5-3-6-11-22)28(32)30-23-12-7-4-8-13-23/h3,5-6,9-11,14-16,19-20,23,27H,4,7-8,12-13,17-18H2,1-2H3,(H,30,32). The van der Waals surface area contributed by atoms with Crippen LogP contribution in [0.3, 0.4) is 0 Å². The predicted molar refractivity (Wildman–Crippen MR) is 137 cm³/mol. The van der Waals surface area contributed by atoms with Gasteiger partial charge in [0.05, 0.1) is 20.5 Å². The molecule has 4 rings (SSSR count). The highest BCUT2D eigenvalue weighted by Crippen LogP contribution is 2.29. The van der Waals surface area contributed by atoms with E-state index in [0.29, 0.717) is 24.5 Å². The van der Waals surface area contributed by atoms with Gasteiger partial charge in [0.1, 0.15) is 6.04 Å². The molecule has 1 unspecified atom stereocenters. The summed E-state index contributed by atoms with van der Waals surface area (Å²) >= 11 is 0. The number of furan rings is 1. The molecule has 0 bridgehead atoms. The normalized spacial score (nSPS) is 14.6. The van der Waals surface area contributed by atoms with Crippen molar-refractivity contribution in [2.75, 3.05) is 20.8 Å². The Labute approximate surface area is 212 Å². The molecule has 1 aliphatic rings. The molecule has 1 N–H and O–H groups in total. The van der Waals surface area contributed by atoms with Crippen molar-refractivity contribution in [3.63, 3.8) is 0 Å². The predicted octanol–water partition coefficient (Wildman–Crippen LogP) is 5.17. The molecule has 0 radical (unpaired) electrons. The third kappa shape index (κ3) is 6.08. The van der Waals surface area contributed by atoms with Crippen LogP contribution in [0.4, 0.5) is 0 Å². The Hall–Kier alpha value is -3.74.